The molecule has 0 radical (unpaired) electrons. The maximum Gasteiger partial charge on any atom is 0.129 e. The molecule has 112 valence electrons. The van der Waals surface area contributed by atoms with E-state index in [0.717, 1.165) is 24.3 Å². The van der Waals surface area contributed by atoms with Crippen molar-refractivity contribution in [2.24, 2.45) is 0 Å². The summed E-state index contributed by atoms with van der Waals surface area (Å²) in [7, 11) is 0. The largest absolute Gasteiger partial charge is 0.372 e. The zero-order valence-corrected chi connectivity index (χ0v) is 13.2. The van der Waals surface area contributed by atoms with Crippen LogP contribution in [0, 0.1) is 0 Å². The van der Waals surface area contributed by atoms with Gasteiger partial charge < -0.3 is 10.2 Å². The summed E-state index contributed by atoms with van der Waals surface area (Å²) in [6.07, 6.45) is 5.02. The molecule has 1 aliphatic heterocycles. The summed E-state index contributed by atoms with van der Waals surface area (Å²) < 4.78 is 0. The first-order valence-electron chi connectivity index (χ1n) is 8.24. The van der Waals surface area contributed by atoms with Gasteiger partial charge in [0.05, 0.1) is 5.52 Å². The quantitative estimate of drug-likeness (QED) is 0.910. The molecule has 1 aromatic heterocycles. The zero-order valence-electron chi connectivity index (χ0n) is 13.2. The molecule has 1 aromatic carbocycles. The Morgan fingerprint density at radius 3 is 2.62 bits per heavy atom. The number of pyridine rings is 1. The van der Waals surface area contributed by atoms with E-state index in [-0.39, 0.29) is 0 Å². The smallest absolute Gasteiger partial charge is 0.129 e. The third-order valence-corrected chi connectivity index (χ3v) is 4.32. The van der Waals surface area contributed by atoms with Crippen molar-refractivity contribution in [1.82, 2.24) is 4.98 Å². The lowest BCUT2D eigenvalue weighted by atomic mass is 10.1. The predicted molar refractivity (Wildman–Crippen MR) is 91.3 cm³/mol. The predicted octanol–water partition coefficient (Wildman–Crippen LogP) is 4.22. The molecule has 0 aliphatic carbocycles. The highest BCUT2D eigenvalue weighted by Gasteiger charge is 2.12. The highest BCUT2D eigenvalue weighted by Crippen LogP contribution is 2.27. The fourth-order valence-electron chi connectivity index (χ4n) is 3.15. The molecule has 0 bridgehead atoms. The summed E-state index contributed by atoms with van der Waals surface area (Å²) in [5.41, 5.74) is 3.74. The molecule has 0 spiro atoms. The van der Waals surface area contributed by atoms with Gasteiger partial charge in [0.15, 0.2) is 0 Å². The van der Waals surface area contributed by atoms with E-state index < -0.39 is 0 Å². The molecule has 0 amide bonds. The van der Waals surface area contributed by atoms with Crippen molar-refractivity contribution in [2.75, 3.05) is 29.9 Å². The first kappa shape index (κ1) is 14.2. The number of hydrogen-bond acceptors (Lipinski definition) is 3. The molecule has 0 atom stereocenters. The van der Waals surface area contributed by atoms with Crippen LogP contribution in [0.4, 0.5) is 11.5 Å². The third-order valence-electron chi connectivity index (χ3n) is 4.32. The SMILES string of the molecule is CCNc1nc2ccc(N3CCCCC3)cc2cc1CC. The molecule has 0 saturated carbocycles. The summed E-state index contributed by atoms with van der Waals surface area (Å²) in [6.45, 7) is 7.60. The number of nitrogens with one attached hydrogen (secondary N) is 1. The van der Waals surface area contributed by atoms with E-state index in [4.69, 9.17) is 4.98 Å². The van der Waals surface area contributed by atoms with Gasteiger partial charge in [-0.05, 0) is 62.4 Å². The van der Waals surface area contributed by atoms with Crippen molar-refractivity contribution in [3.8, 4) is 0 Å². The van der Waals surface area contributed by atoms with Crippen LogP contribution in [0.1, 0.15) is 38.7 Å². The van der Waals surface area contributed by atoms with Crippen LogP contribution in [0.3, 0.4) is 0 Å². The summed E-state index contributed by atoms with van der Waals surface area (Å²) >= 11 is 0. The van der Waals surface area contributed by atoms with Crippen molar-refractivity contribution in [1.29, 1.82) is 0 Å². The van der Waals surface area contributed by atoms with Gasteiger partial charge in [0.2, 0.25) is 0 Å². The van der Waals surface area contributed by atoms with Gasteiger partial charge in [0, 0.05) is 30.7 Å². The van der Waals surface area contributed by atoms with Crippen LogP contribution < -0.4 is 10.2 Å². The maximum absolute atomic E-state index is 4.79. The average molecular weight is 283 g/mol. The van der Waals surface area contributed by atoms with Gasteiger partial charge >= 0.3 is 0 Å². The van der Waals surface area contributed by atoms with E-state index in [1.54, 1.807) is 0 Å². The number of anilines is 2. The topological polar surface area (TPSA) is 28.2 Å². The van der Waals surface area contributed by atoms with Crippen molar-refractivity contribution < 1.29 is 0 Å². The minimum Gasteiger partial charge on any atom is -0.372 e. The number of fused-ring (bicyclic) bond motifs is 1. The normalized spacial score (nSPS) is 15.4. The number of aromatic nitrogens is 1. The zero-order chi connectivity index (χ0) is 14.7. The second kappa shape index (κ2) is 6.33. The highest BCUT2D eigenvalue weighted by molar-refractivity contribution is 5.85. The van der Waals surface area contributed by atoms with Gasteiger partial charge in [-0.15, -0.1) is 0 Å². The Kier molecular flexibility index (Phi) is 4.28. The number of hydrogen-bond donors (Lipinski definition) is 1. The van der Waals surface area contributed by atoms with E-state index >= 15 is 0 Å². The van der Waals surface area contributed by atoms with E-state index in [9.17, 15) is 0 Å². The highest BCUT2D eigenvalue weighted by atomic mass is 15.1. The van der Waals surface area contributed by atoms with Crippen molar-refractivity contribution in [3.63, 3.8) is 0 Å². The lowest BCUT2D eigenvalue weighted by molar-refractivity contribution is 0.578. The van der Waals surface area contributed by atoms with Crippen LogP contribution in [0.5, 0.6) is 0 Å². The second-order valence-electron chi connectivity index (χ2n) is 5.80. The summed E-state index contributed by atoms with van der Waals surface area (Å²) in [6, 6.07) is 9.00. The molecule has 2 heterocycles. The van der Waals surface area contributed by atoms with Crippen LogP contribution in [0.25, 0.3) is 10.9 Å². The number of benzene rings is 1. The van der Waals surface area contributed by atoms with Crippen molar-refractivity contribution in [3.05, 3.63) is 29.8 Å². The standard InChI is InChI=1S/C18H25N3/c1-3-14-12-15-13-16(21-10-6-5-7-11-21)8-9-17(15)20-18(14)19-4-2/h8-9,12-13H,3-7,10-11H2,1-2H3,(H,19,20). The lowest BCUT2D eigenvalue weighted by Crippen LogP contribution is -2.29. The fourth-order valence-corrected chi connectivity index (χ4v) is 3.15. The van der Waals surface area contributed by atoms with Crippen LogP contribution >= 0.6 is 0 Å². The Morgan fingerprint density at radius 2 is 1.90 bits per heavy atom. The Hall–Kier alpha value is -1.77. The van der Waals surface area contributed by atoms with Gasteiger partial charge in [0.25, 0.3) is 0 Å². The third kappa shape index (κ3) is 2.97. The number of rotatable bonds is 4. The molecule has 3 nitrogen and oxygen atoms in total. The molecule has 1 fully saturated rings. The van der Waals surface area contributed by atoms with E-state index in [1.165, 1.54) is 49.0 Å². The Morgan fingerprint density at radius 1 is 1.10 bits per heavy atom. The molecule has 3 rings (SSSR count). The second-order valence-corrected chi connectivity index (χ2v) is 5.80. The minimum atomic E-state index is 0.914. The van der Waals surface area contributed by atoms with Gasteiger partial charge in [-0.3, -0.25) is 0 Å². The van der Waals surface area contributed by atoms with Crippen molar-refractivity contribution in [2.45, 2.75) is 39.5 Å². The lowest BCUT2D eigenvalue weighted by Gasteiger charge is -2.29. The monoisotopic (exact) mass is 283 g/mol. The van der Waals surface area contributed by atoms with E-state index in [1.807, 2.05) is 0 Å². The van der Waals surface area contributed by atoms with E-state index in [2.05, 4.69) is 48.3 Å². The number of piperidine rings is 1. The van der Waals surface area contributed by atoms with Crippen LogP contribution in [0.2, 0.25) is 0 Å². The molecule has 2 aromatic rings. The number of nitrogens with zero attached hydrogens (tertiary/aromatic N) is 2. The molecule has 1 N–H and O–H groups in total. The van der Waals surface area contributed by atoms with Crippen LogP contribution in [0.15, 0.2) is 24.3 Å². The van der Waals surface area contributed by atoms with E-state index in [0.29, 0.717) is 0 Å². The molecule has 1 aliphatic rings. The molecule has 21 heavy (non-hydrogen) atoms. The van der Waals surface area contributed by atoms with Crippen molar-refractivity contribution >= 4 is 22.4 Å². The Labute approximate surface area is 127 Å². The molecule has 0 unspecified atom stereocenters. The van der Waals surface area contributed by atoms with Gasteiger partial charge in [-0.25, -0.2) is 4.98 Å². The van der Waals surface area contributed by atoms with Crippen LogP contribution in [-0.4, -0.2) is 24.6 Å². The van der Waals surface area contributed by atoms with Gasteiger partial charge in [-0.2, -0.15) is 0 Å². The van der Waals surface area contributed by atoms with Gasteiger partial charge in [-0.1, -0.05) is 6.92 Å². The summed E-state index contributed by atoms with van der Waals surface area (Å²) in [4.78, 5) is 7.30. The molecule has 3 heteroatoms. The Bertz CT molecular complexity index is 615. The Balaban J connectivity index is 1.98. The van der Waals surface area contributed by atoms with Gasteiger partial charge in [0.1, 0.15) is 5.82 Å². The number of aryl methyl sites for hydroxylation is 1. The molecular formula is C18H25N3. The molecular weight excluding hydrogens is 258 g/mol. The maximum atomic E-state index is 4.79. The first-order valence-corrected chi connectivity index (χ1v) is 8.24. The average Bonchev–Trinajstić information content (AvgIpc) is 2.55. The summed E-state index contributed by atoms with van der Waals surface area (Å²) in [5, 5.41) is 4.64. The summed E-state index contributed by atoms with van der Waals surface area (Å²) in [5.74, 6) is 1.04. The first-order chi connectivity index (χ1) is 10.3. The fraction of sp³-hybridized carbons (Fsp3) is 0.500. The molecule has 1 saturated heterocycles. The minimum absolute atomic E-state index is 0.914. The van der Waals surface area contributed by atoms with Crippen LogP contribution in [-0.2, 0) is 6.42 Å².